The summed E-state index contributed by atoms with van der Waals surface area (Å²) in [7, 11) is 0. The van der Waals surface area contributed by atoms with Crippen LogP contribution in [-0.2, 0) is 28.6 Å². The first-order valence-electron chi connectivity index (χ1n) is 23.4. The molecule has 4 amide bonds. The minimum atomic E-state index is -0.757. The SMILES string of the molecule is O=C(CCCCC1SC[C@@H]2NC(=O)N[C@H]12)NCCOCCOCCOCCNC(=O)CCC(=O)C1Nc2ccccc2-c2nnn(-c3ccc(-n4[se]c5ccccc5c4=O)cc3)c2-c2ccccc21. The van der Waals surface area contributed by atoms with Crippen molar-refractivity contribution >= 4 is 65.5 Å². The number of hydrogen-bond donors (Lipinski definition) is 5. The number of benzene rings is 4. The van der Waals surface area contributed by atoms with Gasteiger partial charge in [-0.1, -0.05) is 6.42 Å². The zero-order chi connectivity index (χ0) is 47.5. The molecular formula is C50H55N9O8SSe. The van der Waals surface area contributed by atoms with Gasteiger partial charge >= 0.3 is 230 Å². The third-order valence-electron chi connectivity index (χ3n) is 12.4. The van der Waals surface area contributed by atoms with Crippen molar-refractivity contribution in [3.05, 3.63) is 113 Å². The number of Topliss-reactive ketones (excluding diaryl/α,β-unsaturated/α-hetero) is 1. The van der Waals surface area contributed by atoms with Gasteiger partial charge in [0.15, 0.2) is 0 Å². The molecule has 0 spiro atoms. The molecule has 2 aromatic heterocycles. The van der Waals surface area contributed by atoms with Crippen LogP contribution >= 0.6 is 11.8 Å². The molecule has 0 bridgehead atoms. The summed E-state index contributed by atoms with van der Waals surface area (Å²) in [6.07, 6.45) is 3.24. The van der Waals surface area contributed by atoms with Crippen LogP contribution in [0, 0.1) is 0 Å². The molecule has 2 unspecified atom stereocenters. The van der Waals surface area contributed by atoms with E-state index in [2.05, 4.69) is 36.9 Å². The molecule has 0 saturated carbocycles. The number of nitrogens with one attached hydrogen (secondary N) is 5. The topological polar surface area (TPSA) is 209 Å². The number of urea groups is 1. The number of unbranched alkanes of at least 4 members (excludes halogenated alkanes) is 1. The average molecular weight is 1020 g/mol. The molecule has 5 heterocycles. The zero-order valence-corrected chi connectivity index (χ0v) is 40.6. The Labute approximate surface area is 409 Å². The summed E-state index contributed by atoms with van der Waals surface area (Å²) in [4.78, 5) is 64.0. The van der Waals surface area contributed by atoms with E-state index < -0.39 is 6.04 Å². The van der Waals surface area contributed by atoms with Crippen LogP contribution < -0.4 is 32.1 Å². The van der Waals surface area contributed by atoms with Crippen LogP contribution in [0.4, 0.5) is 10.5 Å². The van der Waals surface area contributed by atoms with Crippen LogP contribution in [0.25, 0.3) is 43.5 Å². The fourth-order valence-corrected chi connectivity index (χ4v) is 12.6. The summed E-state index contributed by atoms with van der Waals surface area (Å²) in [6, 6.07) is 30.4. The number of aromatic nitrogens is 4. The fourth-order valence-electron chi connectivity index (χ4n) is 8.92. The van der Waals surface area contributed by atoms with Crippen LogP contribution in [0.5, 0.6) is 0 Å². The van der Waals surface area contributed by atoms with Gasteiger partial charge in [0.25, 0.3) is 0 Å². The molecule has 69 heavy (non-hydrogen) atoms. The predicted molar refractivity (Wildman–Crippen MR) is 265 cm³/mol. The number of amides is 4. The van der Waals surface area contributed by atoms with Crippen molar-refractivity contribution in [2.24, 2.45) is 0 Å². The second-order valence-electron chi connectivity index (χ2n) is 17.0. The molecule has 19 heteroatoms. The Balaban J connectivity index is 0.685. The standard InChI is InChI=1S/C50H55N9O8SSe/c60-40(21-22-44(62)52-24-26-66-28-30-67-29-27-65-25-23-51-43(61)16-8-6-14-41-47-39(31-68-41)54-50(64)55-47)45-34-9-1-2-10-35(34)48-46(36-11-3-5-13-38(36)53-45)56-57-58(48)32-17-19-33(20-18-32)59-49(63)37-12-4-7-15-42(37)69-59/h1-5,7,9-13,15,17-20,39,41,45,47,53H,6,8,14,16,21-31H2,(H,51,61)(H,52,62)(H2,54,55,64)/t39-,41?,45?,47-/m0/s1. The number of thioether (sulfide) groups is 1. The molecular weight excluding hydrogens is 966 g/mol. The van der Waals surface area contributed by atoms with Crippen LogP contribution in [0.3, 0.4) is 0 Å². The van der Waals surface area contributed by atoms with Crippen molar-refractivity contribution in [3.63, 3.8) is 0 Å². The molecule has 17 nitrogen and oxygen atoms in total. The summed E-state index contributed by atoms with van der Waals surface area (Å²) < 4.78 is 21.4. The van der Waals surface area contributed by atoms with E-state index >= 15 is 0 Å². The van der Waals surface area contributed by atoms with Gasteiger partial charge in [0.2, 0.25) is 11.8 Å². The quantitative estimate of drug-likeness (QED) is 0.0334. The number of anilines is 1. The molecule has 9 rings (SSSR count). The van der Waals surface area contributed by atoms with E-state index in [9.17, 15) is 24.0 Å². The first-order chi connectivity index (χ1) is 33.8. The van der Waals surface area contributed by atoms with Crippen molar-refractivity contribution in [1.82, 2.24) is 39.8 Å². The summed E-state index contributed by atoms with van der Waals surface area (Å²) >= 11 is 1.72. The molecule has 0 radical (unpaired) electrons. The summed E-state index contributed by atoms with van der Waals surface area (Å²) in [5.74, 6) is 0.562. The molecule has 5 N–H and O–H groups in total. The molecule has 4 atom stereocenters. The predicted octanol–water partition coefficient (Wildman–Crippen LogP) is 4.79. The van der Waals surface area contributed by atoms with Gasteiger partial charge in [0, 0.05) is 36.9 Å². The van der Waals surface area contributed by atoms with Gasteiger partial charge < -0.3 is 35.5 Å². The first-order valence-corrected chi connectivity index (χ1v) is 26.1. The number of carbonyl (C=O) groups is 4. The molecule has 3 aliphatic rings. The third-order valence-corrected chi connectivity index (χ3v) is 16.2. The Morgan fingerprint density at radius 3 is 2.14 bits per heavy atom. The molecule has 2 saturated heterocycles. The van der Waals surface area contributed by atoms with Gasteiger partial charge in [-0.2, -0.15) is 11.8 Å². The minimum absolute atomic E-state index is 0.00481. The number of ether oxygens (including phenoxy) is 3. The monoisotopic (exact) mass is 1020 g/mol. The molecule has 4 aromatic carbocycles. The average Bonchev–Trinajstić information content (AvgIpc) is 4.15. The van der Waals surface area contributed by atoms with Gasteiger partial charge in [0.1, 0.15) is 0 Å². The summed E-state index contributed by atoms with van der Waals surface area (Å²) in [6.45, 7) is 2.92. The Hall–Kier alpha value is -6.08. The van der Waals surface area contributed by atoms with E-state index in [1.54, 1.807) is 4.68 Å². The van der Waals surface area contributed by atoms with E-state index in [1.807, 2.05) is 112 Å². The number of ketones is 1. The molecule has 0 aliphatic carbocycles. The van der Waals surface area contributed by atoms with E-state index in [-0.39, 0.29) is 68.8 Å². The molecule has 3 aliphatic heterocycles. The summed E-state index contributed by atoms with van der Waals surface area (Å²) in [5, 5.41) is 25.6. The molecule has 6 aromatic rings. The van der Waals surface area contributed by atoms with Crippen molar-refractivity contribution in [1.29, 1.82) is 0 Å². The van der Waals surface area contributed by atoms with E-state index in [1.165, 1.54) is 0 Å². The van der Waals surface area contributed by atoms with E-state index in [4.69, 9.17) is 14.2 Å². The van der Waals surface area contributed by atoms with Gasteiger partial charge in [-0.25, -0.2) is 4.79 Å². The van der Waals surface area contributed by atoms with E-state index in [0.717, 1.165) is 74.1 Å². The van der Waals surface area contributed by atoms with Crippen molar-refractivity contribution in [2.75, 3.05) is 63.8 Å². The second kappa shape index (κ2) is 23.0. The Morgan fingerprint density at radius 2 is 1.38 bits per heavy atom. The van der Waals surface area contributed by atoms with Crippen LogP contribution in [0.1, 0.15) is 50.1 Å². The van der Waals surface area contributed by atoms with E-state index in [0.29, 0.717) is 70.1 Å². The Morgan fingerprint density at radius 1 is 0.710 bits per heavy atom. The van der Waals surface area contributed by atoms with Crippen molar-refractivity contribution in [2.45, 2.75) is 61.9 Å². The first kappa shape index (κ1) is 48.0. The fraction of sp³-hybridized carbons (Fsp3) is 0.380. The maximum absolute atomic E-state index is 14.1. The van der Waals surface area contributed by atoms with Gasteiger partial charge in [0.05, 0.1) is 51.7 Å². The normalized spacial score (nSPS) is 17.9. The number of para-hydroxylation sites is 1. The number of rotatable bonds is 23. The van der Waals surface area contributed by atoms with Gasteiger partial charge in [-0.05, 0) is 12.8 Å². The van der Waals surface area contributed by atoms with Crippen LogP contribution in [-0.4, -0.2) is 133 Å². The summed E-state index contributed by atoms with van der Waals surface area (Å²) in [5.41, 5.74) is 5.96. The zero-order valence-electron chi connectivity index (χ0n) is 38.0. The van der Waals surface area contributed by atoms with Crippen molar-refractivity contribution in [3.8, 4) is 33.9 Å². The van der Waals surface area contributed by atoms with Gasteiger partial charge in [-0.3, -0.25) is 9.59 Å². The Kier molecular flexibility index (Phi) is 16.0. The molecule has 360 valence electrons. The Bertz CT molecular complexity index is 2830. The third kappa shape index (κ3) is 11.5. The number of nitrogens with zero attached hydrogens (tertiary/aromatic N) is 4. The number of carbonyl (C=O) groups excluding carboxylic acids is 4. The number of fused-ring (bicyclic) bond motifs is 7. The van der Waals surface area contributed by atoms with Gasteiger partial charge in [-0.15, -0.1) is 0 Å². The number of hydrogen-bond acceptors (Lipinski definition) is 12. The maximum atomic E-state index is 14.1. The second-order valence-corrected chi connectivity index (χ2v) is 20.3. The molecule has 2 fully saturated rings. The van der Waals surface area contributed by atoms with Crippen LogP contribution in [0.15, 0.2) is 102 Å². The van der Waals surface area contributed by atoms with Crippen LogP contribution in [0.2, 0.25) is 0 Å². The van der Waals surface area contributed by atoms with Crippen molar-refractivity contribution < 1.29 is 33.4 Å².